The molecule has 21 heavy (non-hydrogen) atoms. The van der Waals surface area contributed by atoms with Gasteiger partial charge in [0.25, 0.3) is 10.0 Å². The van der Waals surface area contributed by atoms with Crippen molar-refractivity contribution >= 4 is 38.6 Å². The molecule has 0 aromatic carbocycles. The lowest BCUT2D eigenvalue weighted by atomic mass is 10.1. The summed E-state index contributed by atoms with van der Waals surface area (Å²) in [5, 5.41) is 0. The fourth-order valence-electron chi connectivity index (χ4n) is 3.20. The second-order valence-electron chi connectivity index (χ2n) is 5.70. The molecule has 2 atom stereocenters. The van der Waals surface area contributed by atoms with Crippen LogP contribution in [0.2, 0.25) is 0 Å². The van der Waals surface area contributed by atoms with E-state index >= 15 is 0 Å². The average molecular weight is 346 g/mol. The lowest BCUT2D eigenvalue weighted by Crippen LogP contribution is -2.56. The van der Waals surface area contributed by atoms with Crippen LogP contribution in [0.25, 0.3) is 0 Å². The summed E-state index contributed by atoms with van der Waals surface area (Å²) in [5.74, 6) is 0. The third-order valence-corrected chi connectivity index (χ3v) is 8.18. The maximum absolute atomic E-state index is 12.9. The number of thiophene rings is 1. The normalized spacial score (nSPS) is 27.7. The van der Waals surface area contributed by atoms with Gasteiger partial charge in [0.1, 0.15) is 9.20 Å². The molecule has 116 valence electrons. The van der Waals surface area contributed by atoms with Gasteiger partial charge in [-0.25, -0.2) is 8.42 Å². The van der Waals surface area contributed by atoms with Crippen LogP contribution < -0.4 is 5.73 Å². The van der Waals surface area contributed by atoms with Gasteiger partial charge in [-0.15, -0.1) is 11.3 Å². The number of fused-ring (bicyclic) bond motifs is 1. The molecule has 2 aliphatic rings. The Morgan fingerprint density at radius 3 is 2.86 bits per heavy atom. The third-order valence-electron chi connectivity index (χ3n) is 4.27. The van der Waals surface area contributed by atoms with Crippen LogP contribution in [0.4, 0.5) is 0 Å². The molecule has 5 nitrogen and oxygen atoms in total. The maximum atomic E-state index is 12.9. The van der Waals surface area contributed by atoms with Gasteiger partial charge in [0.05, 0.1) is 4.88 Å². The van der Waals surface area contributed by atoms with Crippen molar-refractivity contribution in [2.75, 3.05) is 19.6 Å². The quantitative estimate of drug-likeness (QED) is 0.835. The number of sulfonamides is 1. The molecule has 3 heterocycles. The molecule has 0 bridgehead atoms. The Balaban J connectivity index is 1.88. The molecule has 2 aliphatic heterocycles. The van der Waals surface area contributed by atoms with E-state index < -0.39 is 10.0 Å². The van der Waals surface area contributed by atoms with Crippen LogP contribution in [0.5, 0.6) is 0 Å². The van der Waals surface area contributed by atoms with Gasteiger partial charge in [-0.1, -0.05) is 12.2 Å². The second-order valence-corrected chi connectivity index (χ2v) is 9.34. The highest BCUT2D eigenvalue weighted by Gasteiger charge is 2.40. The highest BCUT2D eigenvalue weighted by molar-refractivity contribution is 7.91. The number of hydrogen-bond donors (Lipinski definition) is 1. The summed E-state index contributed by atoms with van der Waals surface area (Å²) in [6.45, 7) is 4.48. The fraction of sp³-hybridized carbons (Fsp3) is 0.615. The number of nitrogens with zero attached hydrogens (tertiary/aromatic N) is 2. The molecule has 0 aliphatic carbocycles. The summed E-state index contributed by atoms with van der Waals surface area (Å²) in [5.41, 5.74) is 5.57. The first-order chi connectivity index (χ1) is 9.89. The van der Waals surface area contributed by atoms with Crippen LogP contribution in [-0.4, -0.2) is 54.3 Å². The van der Waals surface area contributed by atoms with Crippen molar-refractivity contribution in [3.63, 3.8) is 0 Å². The van der Waals surface area contributed by atoms with E-state index in [0.717, 1.165) is 37.3 Å². The van der Waals surface area contributed by atoms with E-state index in [4.69, 9.17) is 18.0 Å². The van der Waals surface area contributed by atoms with Gasteiger partial charge in [-0.05, 0) is 38.4 Å². The molecule has 2 unspecified atom stereocenters. The van der Waals surface area contributed by atoms with Gasteiger partial charge in [0.2, 0.25) is 0 Å². The van der Waals surface area contributed by atoms with Crippen molar-refractivity contribution in [3.8, 4) is 0 Å². The molecular weight excluding hydrogens is 326 g/mol. The van der Waals surface area contributed by atoms with Crippen molar-refractivity contribution in [1.29, 1.82) is 0 Å². The first kappa shape index (κ1) is 15.4. The molecule has 8 heteroatoms. The summed E-state index contributed by atoms with van der Waals surface area (Å²) < 4.78 is 27.7. The van der Waals surface area contributed by atoms with Gasteiger partial charge < -0.3 is 5.73 Å². The minimum atomic E-state index is -3.45. The zero-order chi connectivity index (χ0) is 15.2. The van der Waals surface area contributed by atoms with Crippen molar-refractivity contribution in [3.05, 3.63) is 17.0 Å². The Labute approximate surface area is 134 Å². The summed E-state index contributed by atoms with van der Waals surface area (Å²) in [6, 6.07) is 3.67. The molecule has 1 aromatic rings. The standard InChI is InChI=1S/C13H19N3O2S3/c1-9-7-15-6-2-3-10(15)8-16(9)21(17,18)12-5-4-11(20-12)13(14)19/h4-5,9-10H,2-3,6-8H2,1H3,(H2,14,19). The van der Waals surface area contributed by atoms with Gasteiger partial charge in [0, 0.05) is 25.2 Å². The first-order valence-electron chi connectivity index (χ1n) is 7.05. The van der Waals surface area contributed by atoms with Crippen molar-refractivity contribution in [2.45, 2.75) is 36.1 Å². The van der Waals surface area contributed by atoms with Crippen molar-refractivity contribution < 1.29 is 8.42 Å². The molecule has 0 saturated carbocycles. The summed E-state index contributed by atoms with van der Waals surface area (Å²) in [4.78, 5) is 3.30. The summed E-state index contributed by atoms with van der Waals surface area (Å²) in [7, 11) is -3.45. The van der Waals surface area contributed by atoms with Crippen LogP contribution in [0.1, 0.15) is 24.6 Å². The van der Waals surface area contributed by atoms with E-state index in [-0.39, 0.29) is 11.0 Å². The molecular formula is C13H19N3O2S3. The number of hydrogen-bond acceptors (Lipinski definition) is 5. The number of nitrogens with two attached hydrogens (primary N) is 1. The molecule has 2 fully saturated rings. The number of piperazine rings is 1. The van der Waals surface area contributed by atoms with Crippen molar-refractivity contribution in [2.24, 2.45) is 5.73 Å². The van der Waals surface area contributed by atoms with E-state index in [9.17, 15) is 8.42 Å². The van der Waals surface area contributed by atoms with Crippen molar-refractivity contribution in [1.82, 2.24) is 9.21 Å². The zero-order valence-electron chi connectivity index (χ0n) is 11.9. The van der Waals surface area contributed by atoms with E-state index in [1.54, 1.807) is 16.4 Å². The first-order valence-corrected chi connectivity index (χ1v) is 9.71. The van der Waals surface area contributed by atoms with Crippen LogP contribution in [0, 0.1) is 0 Å². The highest BCUT2D eigenvalue weighted by atomic mass is 32.2. The summed E-state index contributed by atoms with van der Waals surface area (Å²) >= 11 is 6.07. The Morgan fingerprint density at radius 2 is 2.19 bits per heavy atom. The minimum absolute atomic E-state index is 0.000252. The molecule has 3 rings (SSSR count). The Kier molecular flexibility index (Phi) is 4.08. The highest BCUT2D eigenvalue weighted by Crippen LogP contribution is 2.31. The third kappa shape index (κ3) is 2.75. The fourth-order valence-corrected chi connectivity index (χ4v) is 6.34. The zero-order valence-corrected chi connectivity index (χ0v) is 14.3. The molecule has 0 amide bonds. The average Bonchev–Trinajstić information content (AvgIpc) is 3.06. The monoisotopic (exact) mass is 345 g/mol. The van der Waals surface area contributed by atoms with Crippen LogP contribution in [0.3, 0.4) is 0 Å². The maximum Gasteiger partial charge on any atom is 0.252 e. The van der Waals surface area contributed by atoms with E-state index in [1.807, 2.05) is 6.92 Å². The molecule has 0 radical (unpaired) electrons. The second kappa shape index (κ2) is 5.58. The molecule has 0 spiro atoms. The van der Waals surface area contributed by atoms with Gasteiger partial charge in [-0.3, -0.25) is 4.90 Å². The molecule has 2 N–H and O–H groups in total. The Hall–Kier alpha value is -0.540. The Bertz CT molecular complexity index is 655. The minimum Gasteiger partial charge on any atom is -0.389 e. The number of thiocarbonyl (C=S) groups is 1. The van der Waals surface area contributed by atoms with E-state index in [2.05, 4.69) is 4.90 Å². The van der Waals surface area contributed by atoms with Gasteiger partial charge in [-0.2, -0.15) is 4.31 Å². The van der Waals surface area contributed by atoms with Crippen LogP contribution >= 0.6 is 23.6 Å². The summed E-state index contributed by atoms with van der Waals surface area (Å²) in [6.07, 6.45) is 2.25. The van der Waals surface area contributed by atoms with Gasteiger partial charge in [0.15, 0.2) is 0 Å². The lowest BCUT2D eigenvalue weighted by Gasteiger charge is -2.41. The largest absolute Gasteiger partial charge is 0.389 e. The molecule has 1 aromatic heterocycles. The van der Waals surface area contributed by atoms with E-state index in [1.165, 1.54) is 0 Å². The predicted octanol–water partition coefficient (Wildman–Crippen LogP) is 1.24. The van der Waals surface area contributed by atoms with E-state index in [0.29, 0.717) is 21.7 Å². The SMILES string of the molecule is CC1CN2CCCC2CN1S(=O)(=O)c1ccc(C(N)=S)s1. The lowest BCUT2D eigenvalue weighted by molar-refractivity contribution is 0.117. The number of rotatable bonds is 3. The topological polar surface area (TPSA) is 66.6 Å². The van der Waals surface area contributed by atoms with Crippen LogP contribution in [-0.2, 0) is 10.0 Å². The molecule has 2 saturated heterocycles. The predicted molar refractivity (Wildman–Crippen MR) is 88.2 cm³/mol. The van der Waals surface area contributed by atoms with Crippen LogP contribution in [0.15, 0.2) is 16.3 Å². The Morgan fingerprint density at radius 1 is 1.43 bits per heavy atom. The van der Waals surface area contributed by atoms with Gasteiger partial charge >= 0.3 is 0 Å². The smallest absolute Gasteiger partial charge is 0.252 e.